The number of anilines is 1. The van der Waals surface area contributed by atoms with Gasteiger partial charge in [0.05, 0.1) is 6.04 Å². The lowest BCUT2D eigenvalue weighted by Crippen LogP contribution is -2.41. The van der Waals surface area contributed by atoms with Crippen molar-refractivity contribution in [2.75, 3.05) is 10.7 Å². The summed E-state index contributed by atoms with van der Waals surface area (Å²) in [6.07, 6.45) is 0.745. The van der Waals surface area contributed by atoms with Gasteiger partial charge in [-0.1, -0.05) is 60.6 Å². The molecule has 0 bridgehead atoms. The monoisotopic (exact) mass is 399 g/mol. The number of thioether (sulfide) groups is 1. The first-order valence-corrected chi connectivity index (χ1v) is 9.90. The summed E-state index contributed by atoms with van der Waals surface area (Å²) in [6.45, 7) is 2.02. The minimum atomic E-state index is -0.409. The van der Waals surface area contributed by atoms with E-state index < -0.39 is 5.25 Å². The van der Waals surface area contributed by atoms with E-state index in [1.54, 1.807) is 0 Å². The zero-order valence-corrected chi connectivity index (χ0v) is 16.2. The number of benzene rings is 2. The van der Waals surface area contributed by atoms with Gasteiger partial charge in [-0.15, -0.1) is 10.2 Å². The summed E-state index contributed by atoms with van der Waals surface area (Å²) < 4.78 is 1.87. The van der Waals surface area contributed by atoms with Gasteiger partial charge >= 0.3 is 0 Å². The lowest BCUT2D eigenvalue weighted by atomic mass is 10.0. The first kappa shape index (κ1) is 17.9. The molecule has 0 unspecified atom stereocenters. The van der Waals surface area contributed by atoms with E-state index in [1.165, 1.54) is 11.8 Å². The molecule has 2 aromatic carbocycles. The first-order valence-electron chi connectivity index (χ1n) is 8.64. The van der Waals surface area contributed by atoms with Crippen LogP contribution in [0.2, 0.25) is 5.02 Å². The number of halogens is 1. The standard InChI is InChI=1S/C19H18ClN5OS/c1-2-15-22-23-19-25(15)24-16(12-8-10-13(20)11-9-12)17(27-19)18(26)21-14-6-4-3-5-7-14/h3-11,16-17,24H,2H2,1H3,(H,21,26)/t16-,17+/m1/s1. The number of aryl methyl sites for hydroxylation is 1. The van der Waals surface area contributed by atoms with Crippen LogP contribution < -0.4 is 10.7 Å². The Morgan fingerprint density at radius 2 is 1.93 bits per heavy atom. The maximum Gasteiger partial charge on any atom is 0.240 e. The average Bonchev–Trinajstić information content (AvgIpc) is 3.10. The van der Waals surface area contributed by atoms with Crippen molar-refractivity contribution < 1.29 is 4.79 Å². The molecule has 2 heterocycles. The summed E-state index contributed by atoms with van der Waals surface area (Å²) in [7, 11) is 0. The predicted octanol–water partition coefficient (Wildman–Crippen LogP) is 3.89. The summed E-state index contributed by atoms with van der Waals surface area (Å²) in [6, 6.07) is 16.7. The van der Waals surface area contributed by atoms with Gasteiger partial charge in [-0.2, -0.15) is 0 Å². The number of fused-ring (bicyclic) bond motifs is 1. The van der Waals surface area contributed by atoms with Crippen LogP contribution in [0.4, 0.5) is 5.69 Å². The molecule has 27 heavy (non-hydrogen) atoms. The van der Waals surface area contributed by atoms with Crippen molar-refractivity contribution in [3.8, 4) is 0 Å². The minimum Gasteiger partial charge on any atom is -0.325 e. The normalized spacial score (nSPS) is 18.4. The van der Waals surface area contributed by atoms with E-state index in [0.29, 0.717) is 10.2 Å². The van der Waals surface area contributed by atoms with Crippen LogP contribution in [0, 0.1) is 0 Å². The lowest BCUT2D eigenvalue weighted by Gasteiger charge is -2.33. The molecular weight excluding hydrogens is 382 g/mol. The van der Waals surface area contributed by atoms with E-state index in [2.05, 4.69) is 20.9 Å². The van der Waals surface area contributed by atoms with Gasteiger partial charge in [0.2, 0.25) is 11.1 Å². The lowest BCUT2D eigenvalue weighted by molar-refractivity contribution is -0.116. The van der Waals surface area contributed by atoms with Gasteiger partial charge in [0.1, 0.15) is 5.25 Å². The predicted molar refractivity (Wildman–Crippen MR) is 108 cm³/mol. The number of rotatable bonds is 4. The molecule has 0 fully saturated rings. The van der Waals surface area contributed by atoms with Crippen LogP contribution in [0.25, 0.3) is 0 Å². The molecule has 0 radical (unpaired) electrons. The molecule has 3 aromatic rings. The zero-order chi connectivity index (χ0) is 18.8. The molecule has 0 saturated heterocycles. The number of aromatic nitrogens is 3. The fourth-order valence-corrected chi connectivity index (χ4v) is 4.21. The number of amides is 1. The second kappa shape index (κ2) is 7.62. The molecule has 1 aromatic heterocycles. The molecule has 2 N–H and O–H groups in total. The maximum absolute atomic E-state index is 13.0. The van der Waals surface area contributed by atoms with Crippen molar-refractivity contribution in [2.45, 2.75) is 29.8 Å². The van der Waals surface area contributed by atoms with Gasteiger partial charge < -0.3 is 10.7 Å². The van der Waals surface area contributed by atoms with Crippen LogP contribution >= 0.6 is 23.4 Å². The van der Waals surface area contributed by atoms with Crippen LogP contribution in [0.1, 0.15) is 24.4 Å². The van der Waals surface area contributed by atoms with Gasteiger partial charge in [-0.05, 0) is 29.8 Å². The third-order valence-electron chi connectivity index (χ3n) is 4.35. The highest BCUT2D eigenvalue weighted by Gasteiger charge is 2.37. The fourth-order valence-electron chi connectivity index (χ4n) is 2.98. The molecule has 2 atom stereocenters. The molecule has 0 spiro atoms. The maximum atomic E-state index is 13.0. The van der Waals surface area contributed by atoms with Gasteiger partial charge in [0.15, 0.2) is 5.82 Å². The zero-order valence-electron chi connectivity index (χ0n) is 14.6. The van der Waals surface area contributed by atoms with Crippen molar-refractivity contribution in [2.24, 2.45) is 0 Å². The SMILES string of the molecule is CCc1nnc2n1N[C@H](c1ccc(Cl)cc1)[C@@H](C(=O)Nc1ccccc1)S2. The van der Waals surface area contributed by atoms with E-state index >= 15 is 0 Å². The van der Waals surface area contributed by atoms with Crippen LogP contribution in [0.5, 0.6) is 0 Å². The highest BCUT2D eigenvalue weighted by molar-refractivity contribution is 8.00. The van der Waals surface area contributed by atoms with Crippen LogP contribution in [0.15, 0.2) is 59.8 Å². The Labute approximate surface area is 166 Å². The quantitative estimate of drug-likeness (QED) is 0.696. The fraction of sp³-hybridized carbons (Fsp3) is 0.211. The van der Waals surface area contributed by atoms with E-state index in [4.69, 9.17) is 11.6 Å². The molecular formula is C19H18ClN5OS. The summed E-state index contributed by atoms with van der Waals surface area (Å²) in [4.78, 5) is 13.0. The van der Waals surface area contributed by atoms with E-state index in [9.17, 15) is 4.79 Å². The van der Waals surface area contributed by atoms with Gasteiger partial charge in [0.25, 0.3) is 0 Å². The number of carbonyl (C=O) groups excluding carboxylic acids is 1. The van der Waals surface area contributed by atoms with E-state index in [-0.39, 0.29) is 11.9 Å². The second-order valence-corrected chi connectivity index (χ2v) is 7.68. The Morgan fingerprint density at radius 3 is 2.63 bits per heavy atom. The van der Waals surface area contributed by atoms with Crippen molar-refractivity contribution in [3.63, 3.8) is 0 Å². The van der Waals surface area contributed by atoms with Crippen molar-refractivity contribution in [3.05, 3.63) is 71.0 Å². The second-order valence-electron chi connectivity index (χ2n) is 6.14. The number of hydrogen-bond donors (Lipinski definition) is 2. The Balaban J connectivity index is 1.67. The molecule has 4 rings (SSSR count). The van der Waals surface area contributed by atoms with E-state index in [1.807, 2.05) is 66.2 Å². The Hall–Kier alpha value is -2.51. The summed E-state index contributed by atoms with van der Waals surface area (Å²) in [5.74, 6) is 0.740. The molecule has 138 valence electrons. The van der Waals surface area contributed by atoms with Crippen LogP contribution in [-0.4, -0.2) is 26.0 Å². The summed E-state index contributed by atoms with van der Waals surface area (Å²) in [5.41, 5.74) is 5.15. The van der Waals surface area contributed by atoms with Crippen LogP contribution in [0.3, 0.4) is 0 Å². The molecule has 0 saturated carbocycles. The number of para-hydroxylation sites is 1. The molecule has 6 nitrogen and oxygen atoms in total. The van der Waals surface area contributed by atoms with Crippen molar-refractivity contribution >= 4 is 35.0 Å². The number of hydrogen-bond acceptors (Lipinski definition) is 5. The molecule has 0 aliphatic carbocycles. The van der Waals surface area contributed by atoms with Gasteiger partial charge in [-0.25, -0.2) is 4.68 Å². The highest BCUT2D eigenvalue weighted by atomic mass is 35.5. The number of carbonyl (C=O) groups is 1. The molecule has 8 heteroatoms. The van der Waals surface area contributed by atoms with Gasteiger partial charge in [-0.3, -0.25) is 4.79 Å². The van der Waals surface area contributed by atoms with Gasteiger partial charge in [0, 0.05) is 17.1 Å². The van der Waals surface area contributed by atoms with Crippen molar-refractivity contribution in [1.82, 2.24) is 14.9 Å². The Bertz CT molecular complexity index is 944. The highest BCUT2D eigenvalue weighted by Crippen LogP contribution is 2.37. The molecule has 1 aliphatic heterocycles. The summed E-state index contributed by atoms with van der Waals surface area (Å²) in [5, 5.41) is 12.4. The third kappa shape index (κ3) is 3.65. The van der Waals surface area contributed by atoms with Crippen LogP contribution in [-0.2, 0) is 11.2 Å². The minimum absolute atomic E-state index is 0.0917. The number of nitrogens with one attached hydrogen (secondary N) is 2. The average molecular weight is 400 g/mol. The smallest absolute Gasteiger partial charge is 0.240 e. The summed E-state index contributed by atoms with van der Waals surface area (Å²) >= 11 is 7.45. The first-order chi connectivity index (χ1) is 13.2. The number of nitrogens with zero attached hydrogens (tertiary/aromatic N) is 3. The third-order valence-corrected chi connectivity index (χ3v) is 5.82. The Morgan fingerprint density at radius 1 is 1.19 bits per heavy atom. The molecule has 1 aliphatic rings. The molecule has 1 amide bonds. The largest absolute Gasteiger partial charge is 0.325 e. The Kier molecular flexibility index (Phi) is 5.05. The topological polar surface area (TPSA) is 71.8 Å². The van der Waals surface area contributed by atoms with E-state index in [0.717, 1.165) is 23.5 Å². The van der Waals surface area contributed by atoms with Crippen molar-refractivity contribution in [1.29, 1.82) is 0 Å².